The fourth-order valence-electron chi connectivity index (χ4n) is 2.65. The normalized spacial score (nSPS) is 26.6. The molecule has 1 saturated heterocycles. The minimum Gasteiger partial charge on any atom is -0.313 e. The molecule has 0 amide bonds. The van der Waals surface area contributed by atoms with Crippen LogP contribution in [0.5, 0.6) is 0 Å². The highest BCUT2D eigenvalue weighted by Gasteiger charge is 2.25. The summed E-state index contributed by atoms with van der Waals surface area (Å²) in [6, 6.07) is 2.87. The zero-order valence-electron chi connectivity index (χ0n) is 10.7. The highest BCUT2D eigenvalue weighted by molar-refractivity contribution is 4.87. The van der Waals surface area contributed by atoms with Crippen molar-refractivity contribution in [1.82, 2.24) is 10.2 Å². The van der Waals surface area contributed by atoms with Crippen molar-refractivity contribution in [2.24, 2.45) is 5.92 Å². The average molecular weight is 223 g/mol. The molecule has 1 heterocycles. The highest BCUT2D eigenvalue weighted by Crippen LogP contribution is 2.21. The lowest BCUT2D eigenvalue weighted by molar-refractivity contribution is 0.149. The third-order valence-corrected chi connectivity index (χ3v) is 3.29. The number of rotatable bonds is 6. The molecule has 0 radical (unpaired) electrons. The molecule has 1 N–H and O–H groups in total. The summed E-state index contributed by atoms with van der Waals surface area (Å²) >= 11 is 0. The molecule has 0 aromatic carbocycles. The van der Waals surface area contributed by atoms with Crippen molar-refractivity contribution in [3.63, 3.8) is 0 Å². The quantitative estimate of drug-likeness (QED) is 0.700. The molecule has 1 aliphatic rings. The van der Waals surface area contributed by atoms with E-state index in [1.807, 2.05) is 0 Å². The van der Waals surface area contributed by atoms with Gasteiger partial charge in [0.25, 0.3) is 0 Å². The number of hydrogen-bond acceptors (Lipinski definition) is 3. The molecule has 3 heteroatoms. The summed E-state index contributed by atoms with van der Waals surface area (Å²) in [7, 11) is 0. The van der Waals surface area contributed by atoms with E-state index in [0.717, 1.165) is 25.6 Å². The second-order valence-electron chi connectivity index (χ2n) is 4.89. The van der Waals surface area contributed by atoms with Gasteiger partial charge in [-0.1, -0.05) is 20.3 Å². The molecule has 2 unspecified atom stereocenters. The van der Waals surface area contributed by atoms with Crippen molar-refractivity contribution in [3.8, 4) is 6.07 Å². The van der Waals surface area contributed by atoms with Gasteiger partial charge in [-0.15, -0.1) is 0 Å². The van der Waals surface area contributed by atoms with Crippen LogP contribution in [0.3, 0.4) is 0 Å². The summed E-state index contributed by atoms with van der Waals surface area (Å²) in [5, 5.41) is 12.4. The Morgan fingerprint density at radius 3 is 2.75 bits per heavy atom. The molecule has 1 fully saturated rings. The molecular formula is C13H25N3. The standard InChI is InChI=1S/C13H25N3/c1-3-5-12-9-13(15-7-4-2)11-16(10-12)8-6-14/h12-13,15H,3-5,7-11H2,1-2H3. The van der Waals surface area contributed by atoms with Gasteiger partial charge in [0.2, 0.25) is 0 Å². The Morgan fingerprint density at radius 2 is 2.12 bits per heavy atom. The maximum absolute atomic E-state index is 8.78. The first-order valence-electron chi connectivity index (χ1n) is 6.62. The van der Waals surface area contributed by atoms with Crippen LogP contribution in [0.15, 0.2) is 0 Å². The number of piperidine rings is 1. The summed E-state index contributed by atoms with van der Waals surface area (Å²) in [4.78, 5) is 2.30. The molecule has 0 aromatic heterocycles. The maximum Gasteiger partial charge on any atom is 0.0866 e. The minimum atomic E-state index is 0.588. The topological polar surface area (TPSA) is 39.1 Å². The van der Waals surface area contributed by atoms with E-state index in [0.29, 0.717) is 12.6 Å². The van der Waals surface area contributed by atoms with E-state index in [-0.39, 0.29) is 0 Å². The van der Waals surface area contributed by atoms with E-state index in [9.17, 15) is 0 Å². The Kier molecular flexibility index (Phi) is 6.44. The summed E-state index contributed by atoms with van der Waals surface area (Å²) in [5.41, 5.74) is 0. The highest BCUT2D eigenvalue weighted by atomic mass is 15.2. The van der Waals surface area contributed by atoms with Gasteiger partial charge in [0, 0.05) is 19.1 Å². The molecule has 0 bridgehead atoms. The van der Waals surface area contributed by atoms with Crippen molar-refractivity contribution in [2.75, 3.05) is 26.2 Å². The maximum atomic E-state index is 8.78. The zero-order valence-corrected chi connectivity index (χ0v) is 10.7. The second kappa shape index (κ2) is 7.65. The van der Waals surface area contributed by atoms with Gasteiger partial charge in [0.15, 0.2) is 0 Å². The van der Waals surface area contributed by atoms with Crippen LogP contribution in [-0.4, -0.2) is 37.1 Å². The van der Waals surface area contributed by atoms with Gasteiger partial charge >= 0.3 is 0 Å². The van der Waals surface area contributed by atoms with E-state index in [1.54, 1.807) is 0 Å². The van der Waals surface area contributed by atoms with Crippen molar-refractivity contribution in [3.05, 3.63) is 0 Å². The molecule has 3 nitrogen and oxygen atoms in total. The van der Waals surface area contributed by atoms with Crippen LogP contribution >= 0.6 is 0 Å². The molecular weight excluding hydrogens is 198 g/mol. The largest absolute Gasteiger partial charge is 0.313 e. The van der Waals surface area contributed by atoms with Crippen LogP contribution in [0.25, 0.3) is 0 Å². The number of hydrogen-bond donors (Lipinski definition) is 1. The van der Waals surface area contributed by atoms with E-state index in [2.05, 4.69) is 30.1 Å². The molecule has 1 rings (SSSR count). The summed E-state index contributed by atoms with van der Waals surface area (Å²) in [6.07, 6.45) is 5.03. The van der Waals surface area contributed by atoms with Crippen molar-refractivity contribution >= 4 is 0 Å². The number of nitriles is 1. The fraction of sp³-hybridized carbons (Fsp3) is 0.923. The third kappa shape index (κ3) is 4.51. The van der Waals surface area contributed by atoms with Crippen molar-refractivity contribution in [1.29, 1.82) is 5.26 Å². The molecule has 92 valence electrons. The Morgan fingerprint density at radius 1 is 1.31 bits per heavy atom. The van der Waals surface area contributed by atoms with Gasteiger partial charge in [0.1, 0.15) is 0 Å². The predicted molar refractivity (Wildman–Crippen MR) is 67.1 cm³/mol. The third-order valence-electron chi connectivity index (χ3n) is 3.29. The molecule has 0 aliphatic carbocycles. The van der Waals surface area contributed by atoms with Crippen LogP contribution in [0.2, 0.25) is 0 Å². The Bertz CT molecular complexity index is 222. The molecule has 0 aromatic rings. The number of nitrogens with one attached hydrogen (secondary N) is 1. The molecule has 0 spiro atoms. The van der Waals surface area contributed by atoms with E-state index < -0.39 is 0 Å². The van der Waals surface area contributed by atoms with Crippen molar-refractivity contribution in [2.45, 2.75) is 45.6 Å². The van der Waals surface area contributed by atoms with Gasteiger partial charge in [-0.25, -0.2) is 0 Å². The second-order valence-corrected chi connectivity index (χ2v) is 4.89. The van der Waals surface area contributed by atoms with Gasteiger partial charge in [-0.05, 0) is 31.7 Å². The molecule has 1 aliphatic heterocycles. The fourth-order valence-corrected chi connectivity index (χ4v) is 2.65. The Balaban J connectivity index is 2.42. The SMILES string of the molecule is CCCNC1CC(CCC)CN(CC#N)C1. The smallest absolute Gasteiger partial charge is 0.0866 e. The first-order chi connectivity index (χ1) is 7.80. The van der Waals surface area contributed by atoms with Crippen LogP contribution < -0.4 is 5.32 Å². The average Bonchev–Trinajstić information content (AvgIpc) is 2.27. The Labute approximate surface area is 99.8 Å². The number of nitrogens with zero attached hydrogens (tertiary/aromatic N) is 2. The van der Waals surface area contributed by atoms with E-state index in [4.69, 9.17) is 5.26 Å². The van der Waals surface area contributed by atoms with Crippen LogP contribution in [-0.2, 0) is 0 Å². The summed E-state index contributed by atoms with van der Waals surface area (Å²) in [5.74, 6) is 0.779. The minimum absolute atomic E-state index is 0.588. The van der Waals surface area contributed by atoms with Crippen molar-refractivity contribution < 1.29 is 0 Å². The predicted octanol–water partition coefficient (Wildman–Crippen LogP) is 2.00. The van der Waals surface area contributed by atoms with Crippen LogP contribution in [0.4, 0.5) is 0 Å². The van der Waals surface area contributed by atoms with Gasteiger partial charge in [-0.2, -0.15) is 5.26 Å². The van der Waals surface area contributed by atoms with E-state index in [1.165, 1.54) is 25.7 Å². The first-order valence-corrected chi connectivity index (χ1v) is 6.62. The molecule has 0 saturated carbocycles. The lowest BCUT2D eigenvalue weighted by atomic mass is 9.90. The van der Waals surface area contributed by atoms with Gasteiger partial charge in [0.05, 0.1) is 12.6 Å². The number of likely N-dealkylation sites (tertiary alicyclic amines) is 1. The molecule has 2 atom stereocenters. The lowest BCUT2D eigenvalue weighted by Crippen LogP contribution is -2.49. The van der Waals surface area contributed by atoms with Crippen LogP contribution in [0.1, 0.15) is 39.5 Å². The monoisotopic (exact) mass is 223 g/mol. The van der Waals surface area contributed by atoms with Gasteiger partial charge in [-0.3, -0.25) is 4.90 Å². The zero-order chi connectivity index (χ0) is 11.8. The first kappa shape index (κ1) is 13.5. The lowest BCUT2D eigenvalue weighted by Gasteiger charge is -2.37. The molecule has 16 heavy (non-hydrogen) atoms. The Hall–Kier alpha value is -0.590. The van der Waals surface area contributed by atoms with Gasteiger partial charge < -0.3 is 5.32 Å². The van der Waals surface area contributed by atoms with Crippen LogP contribution in [0, 0.1) is 17.2 Å². The summed E-state index contributed by atoms with van der Waals surface area (Å²) in [6.45, 7) is 8.30. The van der Waals surface area contributed by atoms with E-state index >= 15 is 0 Å². The summed E-state index contributed by atoms with van der Waals surface area (Å²) < 4.78 is 0.